The average Bonchev–Trinajstić information content (AvgIpc) is 2.41. The van der Waals surface area contributed by atoms with Crippen molar-refractivity contribution in [2.24, 2.45) is 0 Å². The lowest BCUT2D eigenvalue weighted by molar-refractivity contribution is 0.322. The number of unbranched alkanes of at least 4 members (excludes halogenated alkanes) is 1. The van der Waals surface area contributed by atoms with Crippen molar-refractivity contribution in [3.63, 3.8) is 0 Å². The summed E-state index contributed by atoms with van der Waals surface area (Å²) in [6.07, 6.45) is 1.56. The van der Waals surface area contributed by atoms with Gasteiger partial charge >= 0.3 is 0 Å². The Balaban J connectivity index is 2.36. The smallest absolute Gasteiger partial charge is 0.211 e. The summed E-state index contributed by atoms with van der Waals surface area (Å²) in [4.78, 5) is 0. The fraction of sp³-hybridized carbons (Fsp3) is 0.625. The van der Waals surface area contributed by atoms with Crippen LogP contribution in [0.1, 0.15) is 46.1 Å². The fourth-order valence-electron chi connectivity index (χ4n) is 1.82. The second kappa shape index (κ2) is 7.80. The van der Waals surface area contributed by atoms with Crippen LogP contribution in [0.4, 0.5) is 0 Å². The molecule has 0 aliphatic carbocycles. The lowest BCUT2D eigenvalue weighted by Crippen LogP contribution is -2.30. The summed E-state index contributed by atoms with van der Waals surface area (Å²) in [7, 11) is -3.15. The minimum absolute atomic E-state index is 0.118. The van der Waals surface area contributed by atoms with E-state index >= 15 is 0 Å². The molecule has 0 amide bonds. The lowest BCUT2D eigenvalue weighted by Gasteiger charge is -2.19. The average molecular weight is 313 g/mol. The Morgan fingerprint density at radius 2 is 1.76 bits per heavy atom. The Morgan fingerprint density at radius 3 is 2.29 bits per heavy atom. The minimum Gasteiger partial charge on any atom is -0.492 e. The van der Waals surface area contributed by atoms with Crippen molar-refractivity contribution in [1.29, 1.82) is 0 Å². The third kappa shape index (κ3) is 6.96. The molecule has 120 valence electrons. The summed E-state index contributed by atoms with van der Waals surface area (Å²) in [5.74, 6) is 0.944. The molecule has 0 spiro atoms. The van der Waals surface area contributed by atoms with E-state index in [-0.39, 0.29) is 11.2 Å². The van der Waals surface area contributed by atoms with Gasteiger partial charge in [0.25, 0.3) is 0 Å². The molecule has 1 N–H and O–H groups in total. The minimum atomic E-state index is -3.15. The molecule has 0 unspecified atom stereocenters. The molecule has 0 heterocycles. The number of hydrogen-bond donors (Lipinski definition) is 1. The number of rotatable bonds is 8. The van der Waals surface area contributed by atoms with Crippen LogP contribution in [-0.2, 0) is 15.4 Å². The van der Waals surface area contributed by atoms with Gasteiger partial charge in [0, 0.05) is 6.54 Å². The standard InChI is InChI=1S/C16H27NO3S/c1-5-6-13-21(18,19)17-11-12-20-15-9-7-14(8-10-15)16(2,3)4/h7-10,17H,5-6,11-13H2,1-4H3. The molecule has 0 aliphatic heterocycles. The molecule has 0 radical (unpaired) electrons. The molecule has 1 aromatic rings. The third-order valence-corrected chi connectivity index (χ3v) is 4.65. The van der Waals surface area contributed by atoms with E-state index in [0.717, 1.165) is 12.2 Å². The predicted octanol–water partition coefficient (Wildman–Crippen LogP) is 3.08. The van der Waals surface area contributed by atoms with E-state index in [1.54, 1.807) is 0 Å². The highest BCUT2D eigenvalue weighted by molar-refractivity contribution is 7.89. The summed E-state index contributed by atoms with van der Waals surface area (Å²) >= 11 is 0. The molecular weight excluding hydrogens is 286 g/mol. The fourth-order valence-corrected chi connectivity index (χ4v) is 3.03. The SMILES string of the molecule is CCCCS(=O)(=O)NCCOc1ccc(C(C)(C)C)cc1. The first-order valence-electron chi connectivity index (χ1n) is 7.45. The van der Waals surface area contributed by atoms with Crippen LogP contribution in [-0.4, -0.2) is 27.3 Å². The van der Waals surface area contributed by atoms with Crippen LogP contribution in [0.25, 0.3) is 0 Å². The zero-order valence-corrected chi connectivity index (χ0v) is 14.3. The molecule has 0 aromatic heterocycles. The largest absolute Gasteiger partial charge is 0.492 e. The number of benzene rings is 1. The van der Waals surface area contributed by atoms with Crippen LogP contribution in [0.15, 0.2) is 24.3 Å². The first kappa shape index (κ1) is 18.0. The van der Waals surface area contributed by atoms with Crippen LogP contribution >= 0.6 is 0 Å². The number of hydrogen-bond acceptors (Lipinski definition) is 3. The van der Waals surface area contributed by atoms with Gasteiger partial charge in [-0.3, -0.25) is 0 Å². The topological polar surface area (TPSA) is 55.4 Å². The van der Waals surface area contributed by atoms with Crippen molar-refractivity contribution >= 4 is 10.0 Å². The molecule has 0 aliphatic rings. The molecule has 21 heavy (non-hydrogen) atoms. The first-order valence-corrected chi connectivity index (χ1v) is 9.10. The van der Waals surface area contributed by atoms with Gasteiger partial charge in [0.05, 0.1) is 5.75 Å². The molecule has 0 saturated heterocycles. The zero-order valence-electron chi connectivity index (χ0n) is 13.5. The Hall–Kier alpha value is -1.07. The number of nitrogens with one attached hydrogen (secondary N) is 1. The summed E-state index contributed by atoms with van der Waals surface area (Å²) < 4.78 is 31.3. The molecule has 0 bridgehead atoms. The Bertz CT molecular complexity index is 515. The molecule has 1 aromatic carbocycles. The Morgan fingerprint density at radius 1 is 1.14 bits per heavy atom. The van der Waals surface area contributed by atoms with Gasteiger partial charge in [-0.25, -0.2) is 13.1 Å². The molecule has 1 rings (SSSR count). The first-order chi connectivity index (χ1) is 9.74. The Kier molecular flexibility index (Phi) is 6.68. The zero-order chi connectivity index (χ0) is 15.9. The molecule has 5 heteroatoms. The quantitative estimate of drug-likeness (QED) is 0.750. The number of sulfonamides is 1. The predicted molar refractivity (Wildman–Crippen MR) is 87.3 cm³/mol. The van der Waals surface area contributed by atoms with E-state index in [0.29, 0.717) is 19.6 Å². The van der Waals surface area contributed by atoms with Crippen molar-refractivity contribution < 1.29 is 13.2 Å². The molecule has 4 nitrogen and oxygen atoms in total. The molecule has 0 fully saturated rings. The highest BCUT2D eigenvalue weighted by atomic mass is 32.2. The summed E-state index contributed by atoms with van der Waals surface area (Å²) in [6.45, 7) is 9.09. The van der Waals surface area contributed by atoms with Gasteiger partial charge < -0.3 is 4.74 Å². The highest BCUT2D eigenvalue weighted by Gasteiger charge is 2.13. The van der Waals surface area contributed by atoms with Gasteiger partial charge in [-0.05, 0) is 29.5 Å². The normalized spacial score (nSPS) is 12.4. The Labute approximate surface area is 129 Å². The van der Waals surface area contributed by atoms with Gasteiger partial charge in [0.1, 0.15) is 12.4 Å². The van der Waals surface area contributed by atoms with E-state index < -0.39 is 10.0 Å². The van der Waals surface area contributed by atoms with E-state index in [9.17, 15) is 8.42 Å². The van der Waals surface area contributed by atoms with Crippen molar-refractivity contribution in [3.05, 3.63) is 29.8 Å². The van der Waals surface area contributed by atoms with Crippen molar-refractivity contribution in [1.82, 2.24) is 4.72 Å². The van der Waals surface area contributed by atoms with Crippen molar-refractivity contribution in [3.8, 4) is 5.75 Å². The van der Waals surface area contributed by atoms with Gasteiger partial charge in [0.2, 0.25) is 10.0 Å². The number of ether oxygens (including phenoxy) is 1. The van der Waals surface area contributed by atoms with E-state index in [2.05, 4.69) is 25.5 Å². The van der Waals surface area contributed by atoms with Crippen LogP contribution < -0.4 is 9.46 Å². The van der Waals surface area contributed by atoms with Crippen LogP contribution in [0.5, 0.6) is 5.75 Å². The van der Waals surface area contributed by atoms with Gasteiger partial charge in [0.15, 0.2) is 0 Å². The summed E-state index contributed by atoms with van der Waals surface area (Å²) in [6, 6.07) is 7.93. The van der Waals surface area contributed by atoms with Gasteiger partial charge in [-0.2, -0.15) is 0 Å². The summed E-state index contributed by atoms with van der Waals surface area (Å²) in [5, 5.41) is 0. The van der Waals surface area contributed by atoms with Crippen LogP contribution in [0.2, 0.25) is 0 Å². The maximum Gasteiger partial charge on any atom is 0.211 e. The second-order valence-corrected chi connectivity index (χ2v) is 8.12. The van der Waals surface area contributed by atoms with E-state index in [1.165, 1.54) is 5.56 Å². The lowest BCUT2D eigenvalue weighted by atomic mass is 9.87. The third-order valence-electron chi connectivity index (χ3n) is 3.18. The van der Waals surface area contributed by atoms with E-state index in [4.69, 9.17) is 4.74 Å². The van der Waals surface area contributed by atoms with Crippen LogP contribution in [0.3, 0.4) is 0 Å². The van der Waals surface area contributed by atoms with Gasteiger partial charge in [-0.15, -0.1) is 0 Å². The second-order valence-electron chi connectivity index (χ2n) is 6.19. The maximum absolute atomic E-state index is 11.6. The van der Waals surface area contributed by atoms with Crippen LogP contribution in [0, 0.1) is 0 Å². The highest BCUT2D eigenvalue weighted by Crippen LogP contribution is 2.24. The van der Waals surface area contributed by atoms with Crippen molar-refractivity contribution in [2.75, 3.05) is 18.9 Å². The molecular formula is C16H27NO3S. The van der Waals surface area contributed by atoms with Gasteiger partial charge in [-0.1, -0.05) is 46.2 Å². The van der Waals surface area contributed by atoms with Crippen molar-refractivity contribution in [2.45, 2.75) is 46.0 Å². The molecule has 0 saturated carbocycles. The maximum atomic E-state index is 11.6. The monoisotopic (exact) mass is 313 g/mol. The molecule has 0 atom stereocenters. The van der Waals surface area contributed by atoms with E-state index in [1.807, 2.05) is 31.2 Å². The summed E-state index contributed by atoms with van der Waals surface area (Å²) in [5.41, 5.74) is 1.36.